The molecular formula is C9H10BrCl2NO3S2. The normalized spacial score (nSPS) is 22.3. The van der Waals surface area contributed by atoms with Gasteiger partial charge in [-0.2, -0.15) is 4.31 Å². The summed E-state index contributed by atoms with van der Waals surface area (Å²) in [5.41, 5.74) is 0. The van der Waals surface area contributed by atoms with E-state index in [0.717, 1.165) is 11.3 Å². The van der Waals surface area contributed by atoms with Gasteiger partial charge < -0.3 is 4.74 Å². The summed E-state index contributed by atoms with van der Waals surface area (Å²) in [4.78, 5) is 0. The van der Waals surface area contributed by atoms with Crippen molar-refractivity contribution in [2.45, 2.75) is 10.3 Å². The molecule has 1 aromatic heterocycles. The molecule has 0 spiro atoms. The Morgan fingerprint density at radius 2 is 2.33 bits per heavy atom. The van der Waals surface area contributed by atoms with Gasteiger partial charge in [0, 0.05) is 12.4 Å². The van der Waals surface area contributed by atoms with E-state index >= 15 is 0 Å². The molecule has 18 heavy (non-hydrogen) atoms. The Morgan fingerprint density at radius 1 is 1.61 bits per heavy atom. The largest absolute Gasteiger partial charge is 0.378 e. The summed E-state index contributed by atoms with van der Waals surface area (Å²) in [5, 5.41) is 0.397. The number of sulfonamides is 1. The Balaban J connectivity index is 2.35. The molecule has 0 aliphatic carbocycles. The second-order valence-corrected chi connectivity index (χ2v) is 8.89. The van der Waals surface area contributed by atoms with Gasteiger partial charge in [-0.1, -0.05) is 11.6 Å². The molecule has 1 fully saturated rings. The van der Waals surface area contributed by atoms with Crippen molar-refractivity contribution < 1.29 is 13.2 Å². The molecule has 0 aromatic carbocycles. The standard InChI is InChI=1S/C9H10BrCl2NO3S2/c10-9-7(12)3-8(17-9)18(14,15)13-1-2-16-5-6(13)4-11/h3,6H,1-2,4-5H2. The second-order valence-electron chi connectivity index (χ2n) is 3.69. The van der Waals surface area contributed by atoms with Gasteiger partial charge >= 0.3 is 0 Å². The lowest BCUT2D eigenvalue weighted by atomic mass is 10.3. The van der Waals surface area contributed by atoms with Crippen LogP contribution in [0.2, 0.25) is 5.02 Å². The fourth-order valence-electron chi connectivity index (χ4n) is 1.65. The first-order chi connectivity index (χ1) is 8.46. The SMILES string of the molecule is O=S(=O)(c1cc(Cl)c(Br)s1)N1CCOCC1CCl. The summed E-state index contributed by atoms with van der Waals surface area (Å²) in [6.07, 6.45) is 0. The van der Waals surface area contributed by atoms with E-state index in [1.807, 2.05) is 0 Å². The van der Waals surface area contributed by atoms with Crippen LogP contribution in [0.1, 0.15) is 0 Å². The highest BCUT2D eigenvalue weighted by Crippen LogP contribution is 2.36. The molecule has 2 heterocycles. The van der Waals surface area contributed by atoms with Gasteiger partial charge in [0.05, 0.1) is 28.1 Å². The van der Waals surface area contributed by atoms with Crippen molar-refractivity contribution in [3.05, 3.63) is 14.9 Å². The fourth-order valence-corrected chi connectivity index (χ4v) is 6.11. The monoisotopic (exact) mass is 393 g/mol. The molecule has 2 rings (SSSR count). The zero-order valence-corrected chi connectivity index (χ0v) is 13.8. The number of hydrogen-bond donors (Lipinski definition) is 0. The second kappa shape index (κ2) is 5.95. The third-order valence-electron chi connectivity index (χ3n) is 2.54. The van der Waals surface area contributed by atoms with Crippen molar-refractivity contribution in [3.63, 3.8) is 0 Å². The van der Waals surface area contributed by atoms with Crippen molar-refractivity contribution in [2.75, 3.05) is 25.6 Å². The Hall–Kier alpha value is 0.630. The summed E-state index contributed by atoms with van der Waals surface area (Å²) in [6, 6.07) is 1.12. The lowest BCUT2D eigenvalue weighted by Gasteiger charge is -2.32. The third kappa shape index (κ3) is 2.87. The maximum absolute atomic E-state index is 12.5. The van der Waals surface area contributed by atoms with Gasteiger partial charge in [-0.3, -0.25) is 0 Å². The predicted octanol–water partition coefficient (Wildman–Crippen LogP) is 2.79. The molecule has 9 heteroatoms. The number of hydrogen-bond acceptors (Lipinski definition) is 4. The van der Waals surface area contributed by atoms with Crippen LogP contribution in [0.4, 0.5) is 0 Å². The number of thiophene rings is 1. The van der Waals surface area contributed by atoms with Crippen LogP contribution < -0.4 is 0 Å². The molecule has 1 saturated heterocycles. The molecule has 0 saturated carbocycles. The van der Waals surface area contributed by atoms with Crippen LogP contribution in [0.3, 0.4) is 0 Å². The number of ether oxygens (including phenoxy) is 1. The van der Waals surface area contributed by atoms with E-state index < -0.39 is 10.0 Å². The molecule has 0 bridgehead atoms. The lowest BCUT2D eigenvalue weighted by Crippen LogP contribution is -2.49. The van der Waals surface area contributed by atoms with Gasteiger partial charge in [-0.15, -0.1) is 22.9 Å². The zero-order chi connectivity index (χ0) is 13.3. The molecule has 102 valence electrons. The van der Waals surface area contributed by atoms with Crippen LogP contribution in [0, 0.1) is 0 Å². The fraction of sp³-hybridized carbons (Fsp3) is 0.556. The van der Waals surface area contributed by atoms with Crippen molar-refractivity contribution in [2.24, 2.45) is 0 Å². The summed E-state index contributed by atoms with van der Waals surface area (Å²) >= 11 is 16.0. The maximum atomic E-state index is 12.5. The molecule has 1 aliphatic heterocycles. The van der Waals surface area contributed by atoms with E-state index in [0.29, 0.717) is 28.6 Å². The number of nitrogens with zero attached hydrogens (tertiary/aromatic N) is 1. The molecule has 1 atom stereocenters. The van der Waals surface area contributed by atoms with E-state index in [-0.39, 0.29) is 16.1 Å². The van der Waals surface area contributed by atoms with Crippen LogP contribution >= 0.6 is 50.5 Å². The van der Waals surface area contributed by atoms with E-state index in [1.54, 1.807) is 0 Å². The van der Waals surface area contributed by atoms with E-state index in [9.17, 15) is 8.42 Å². The minimum absolute atomic E-state index is 0.208. The number of rotatable bonds is 3. The van der Waals surface area contributed by atoms with Crippen LogP contribution in [-0.4, -0.2) is 44.4 Å². The van der Waals surface area contributed by atoms with Crippen LogP contribution in [0.5, 0.6) is 0 Å². The summed E-state index contributed by atoms with van der Waals surface area (Å²) in [6.45, 7) is 1.02. The minimum Gasteiger partial charge on any atom is -0.378 e. The van der Waals surface area contributed by atoms with Crippen molar-refractivity contribution >= 4 is 60.5 Å². The van der Waals surface area contributed by atoms with E-state index in [2.05, 4.69) is 15.9 Å². The van der Waals surface area contributed by atoms with Gasteiger partial charge in [0.2, 0.25) is 0 Å². The van der Waals surface area contributed by atoms with Crippen molar-refractivity contribution in [1.82, 2.24) is 4.31 Å². The Labute approximate surface area is 128 Å². The number of alkyl halides is 1. The summed E-state index contributed by atoms with van der Waals surface area (Å²) < 4.78 is 32.4. The number of morpholine rings is 1. The summed E-state index contributed by atoms with van der Waals surface area (Å²) in [5.74, 6) is 0.208. The Kier molecular flexibility index (Phi) is 4.97. The number of halogens is 3. The van der Waals surface area contributed by atoms with Gasteiger partial charge in [0.1, 0.15) is 4.21 Å². The third-order valence-corrected chi connectivity index (χ3v) is 7.77. The van der Waals surface area contributed by atoms with Gasteiger partial charge in [-0.05, 0) is 22.0 Å². The Morgan fingerprint density at radius 3 is 2.89 bits per heavy atom. The molecule has 1 aromatic rings. The minimum atomic E-state index is -3.55. The lowest BCUT2D eigenvalue weighted by molar-refractivity contribution is 0.0405. The van der Waals surface area contributed by atoms with Crippen LogP contribution in [0.15, 0.2) is 14.1 Å². The van der Waals surface area contributed by atoms with Crippen LogP contribution in [-0.2, 0) is 14.8 Å². The smallest absolute Gasteiger partial charge is 0.253 e. The topological polar surface area (TPSA) is 46.6 Å². The molecule has 4 nitrogen and oxygen atoms in total. The highest BCUT2D eigenvalue weighted by molar-refractivity contribution is 9.11. The first kappa shape index (κ1) is 15.0. The van der Waals surface area contributed by atoms with Gasteiger partial charge in [0.25, 0.3) is 10.0 Å². The zero-order valence-electron chi connectivity index (χ0n) is 9.11. The van der Waals surface area contributed by atoms with E-state index in [1.165, 1.54) is 10.4 Å². The predicted molar refractivity (Wildman–Crippen MR) is 76.2 cm³/mol. The first-order valence-electron chi connectivity index (χ1n) is 5.07. The first-order valence-corrected chi connectivity index (χ1v) is 9.03. The highest BCUT2D eigenvalue weighted by Gasteiger charge is 2.34. The highest BCUT2D eigenvalue weighted by atomic mass is 79.9. The molecular weight excluding hydrogens is 385 g/mol. The average Bonchev–Trinajstić information content (AvgIpc) is 2.70. The maximum Gasteiger partial charge on any atom is 0.253 e. The van der Waals surface area contributed by atoms with Gasteiger partial charge in [0.15, 0.2) is 0 Å². The molecule has 0 amide bonds. The average molecular weight is 395 g/mol. The molecule has 1 unspecified atom stereocenters. The van der Waals surface area contributed by atoms with Crippen molar-refractivity contribution in [1.29, 1.82) is 0 Å². The van der Waals surface area contributed by atoms with Crippen LogP contribution in [0.25, 0.3) is 0 Å². The molecule has 1 aliphatic rings. The quantitative estimate of drug-likeness (QED) is 0.740. The molecule has 0 N–H and O–H groups in total. The van der Waals surface area contributed by atoms with Gasteiger partial charge in [-0.25, -0.2) is 8.42 Å². The Bertz CT molecular complexity index is 514. The van der Waals surface area contributed by atoms with Crippen molar-refractivity contribution in [3.8, 4) is 0 Å². The molecule has 0 radical (unpaired) electrons. The summed E-state index contributed by atoms with van der Waals surface area (Å²) in [7, 11) is -3.55. The van der Waals surface area contributed by atoms with E-state index in [4.69, 9.17) is 27.9 Å².